The van der Waals surface area contributed by atoms with Gasteiger partial charge in [0.1, 0.15) is 0 Å². The molecule has 0 amide bonds. The summed E-state index contributed by atoms with van der Waals surface area (Å²) in [5.41, 5.74) is 4.32. The Kier molecular flexibility index (Phi) is 3.55. The molecule has 1 heterocycles. The van der Waals surface area contributed by atoms with Gasteiger partial charge in [0.05, 0.1) is 0 Å². The van der Waals surface area contributed by atoms with Gasteiger partial charge in [-0.05, 0) is 56.2 Å². The second-order valence-electron chi connectivity index (χ2n) is 5.82. The summed E-state index contributed by atoms with van der Waals surface area (Å²) in [6, 6.07) is 7.78. The predicted molar refractivity (Wildman–Crippen MR) is 77.1 cm³/mol. The van der Waals surface area contributed by atoms with Crippen molar-refractivity contribution < 1.29 is 0 Å². The Morgan fingerprint density at radius 2 is 1.94 bits per heavy atom. The second-order valence-corrected chi connectivity index (χ2v) is 5.82. The van der Waals surface area contributed by atoms with Gasteiger partial charge in [0, 0.05) is 31.4 Å². The lowest BCUT2D eigenvalue weighted by molar-refractivity contribution is 0.577. The molecule has 2 nitrogen and oxygen atoms in total. The Morgan fingerprint density at radius 1 is 1.17 bits per heavy atom. The van der Waals surface area contributed by atoms with Crippen molar-refractivity contribution in [3.8, 4) is 0 Å². The average molecular weight is 244 g/mol. The van der Waals surface area contributed by atoms with Crippen molar-refractivity contribution in [3.05, 3.63) is 29.3 Å². The van der Waals surface area contributed by atoms with Crippen LogP contribution in [-0.2, 0) is 6.54 Å². The smallest absolute Gasteiger partial charge is 0.0396 e. The fourth-order valence-corrected chi connectivity index (χ4v) is 2.87. The first kappa shape index (κ1) is 12.0. The van der Waals surface area contributed by atoms with Crippen molar-refractivity contribution in [2.24, 2.45) is 0 Å². The summed E-state index contributed by atoms with van der Waals surface area (Å²) in [6.07, 6.45) is 6.84. The topological polar surface area (TPSA) is 15.3 Å². The van der Waals surface area contributed by atoms with E-state index < -0.39 is 0 Å². The maximum atomic E-state index is 3.59. The highest BCUT2D eigenvalue weighted by Gasteiger charge is 2.20. The number of nitrogens with one attached hydrogen (secondary N) is 1. The van der Waals surface area contributed by atoms with E-state index in [1.54, 1.807) is 0 Å². The Morgan fingerprint density at radius 3 is 2.61 bits per heavy atom. The lowest BCUT2D eigenvalue weighted by Crippen LogP contribution is -2.30. The van der Waals surface area contributed by atoms with Crippen molar-refractivity contribution in [3.63, 3.8) is 0 Å². The van der Waals surface area contributed by atoms with Gasteiger partial charge in [0.15, 0.2) is 0 Å². The van der Waals surface area contributed by atoms with E-state index >= 15 is 0 Å². The molecule has 18 heavy (non-hydrogen) atoms. The fourth-order valence-electron chi connectivity index (χ4n) is 2.87. The van der Waals surface area contributed by atoms with E-state index in [0.29, 0.717) is 0 Å². The maximum Gasteiger partial charge on any atom is 0.0396 e. The first-order valence-corrected chi connectivity index (χ1v) is 7.41. The number of piperidine rings is 1. The van der Waals surface area contributed by atoms with Gasteiger partial charge in [-0.1, -0.05) is 12.1 Å². The SMILES string of the molecule is Cc1cc(CNC2CC2)ccc1N1CCCCC1. The number of anilines is 1. The summed E-state index contributed by atoms with van der Waals surface area (Å²) in [5.74, 6) is 0. The first-order valence-electron chi connectivity index (χ1n) is 7.41. The zero-order chi connectivity index (χ0) is 12.4. The fraction of sp³-hybridized carbons (Fsp3) is 0.625. The van der Waals surface area contributed by atoms with Crippen LogP contribution in [0.2, 0.25) is 0 Å². The van der Waals surface area contributed by atoms with Gasteiger partial charge in [-0.15, -0.1) is 0 Å². The van der Waals surface area contributed by atoms with Crippen LogP contribution < -0.4 is 10.2 Å². The van der Waals surface area contributed by atoms with Crippen molar-refractivity contribution in [2.75, 3.05) is 18.0 Å². The van der Waals surface area contributed by atoms with E-state index in [9.17, 15) is 0 Å². The molecule has 1 aromatic rings. The molecule has 2 heteroatoms. The van der Waals surface area contributed by atoms with E-state index in [1.807, 2.05) is 0 Å². The Hall–Kier alpha value is -1.02. The molecule has 1 N–H and O–H groups in total. The average Bonchev–Trinajstić information content (AvgIpc) is 3.21. The largest absolute Gasteiger partial charge is 0.371 e. The van der Waals surface area contributed by atoms with E-state index in [4.69, 9.17) is 0 Å². The molecule has 0 radical (unpaired) electrons. The van der Waals surface area contributed by atoms with Crippen molar-refractivity contribution in [2.45, 2.75) is 51.6 Å². The number of benzene rings is 1. The van der Waals surface area contributed by atoms with Gasteiger partial charge in [0.25, 0.3) is 0 Å². The maximum absolute atomic E-state index is 3.59. The quantitative estimate of drug-likeness (QED) is 0.874. The normalized spacial score (nSPS) is 20.2. The Balaban J connectivity index is 1.66. The Labute approximate surface area is 110 Å². The minimum Gasteiger partial charge on any atom is -0.371 e. The van der Waals surface area contributed by atoms with Gasteiger partial charge in [0.2, 0.25) is 0 Å². The highest BCUT2D eigenvalue weighted by molar-refractivity contribution is 5.54. The predicted octanol–water partition coefficient (Wildman–Crippen LogP) is 3.24. The number of aryl methyl sites for hydroxylation is 1. The standard InChI is InChI=1S/C16H24N2/c1-13-11-14(12-17-15-6-7-15)5-8-16(13)18-9-3-2-4-10-18/h5,8,11,15,17H,2-4,6-7,9-10,12H2,1H3. The molecule has 1 saturated heterocycles. The molecule has 1 aromatic carbocycles. The molecule has 1 aliphatic carbocycles. The zero-order valence-corrected chi connectivity index (χ0v) is 11.4. The molecular formula is C16H24N2. The van der Waals surface area contributed by atoms with Crippen LogP contribution in [0.3, 0.4) is 0 Å². The molecule has 0 spiro atoms. The number of hydrogen-bond acceptors (Lipinski definition) is 2. The number of hydrogen-bond donors (Lipinski definition) is 1. The van der Waals surface area contributed by atoms with Gasteiger partial charge >= 0.3 is 0 Å². The van der Waals surface area contributed by atoms with E-state index in [1.165, 1.54) is 62.0 Å². The van der Waals surface area contributed by atoms with Crippen LogP contribution in [0, 0.1) is 6.92 Å². The van der Waals surface area contributed by atoms with Crippen molar-refractivity contribution in [1.29, 1.82) is 0 Å². The number of rotatable bonds is 4. The molecule has 3 rings (SSSR count). The highest BCUT2D eigenvalue weighted by Crippen LogP contribution is 2.25. The van der Waals surface area contributed by atoms with E-state index in [-0.39, 0.29) is 0 Å². The third kappa shape index (κ3) is 2.86. The van der Waals surface area contributed by atoms with Gasteiger partial charge < -0.3 is 10.2 Å². The number of nitrogens with zero attached hydrogens (tertiary/aromatic N) is 1. The van der Waals surface area contributed by atoms with Crippen molar-refractivity contribution >= 4 is 5.69 Å². The molecule has 1 aliphatic heterocycles. The molecule has 98 valence electrons. The van der Waals surface area contributed by atoms with Gasteiger partial charge in [-0.2, -0.15) is 0 Å². The monoisotopic (exact) mass is 244 g/mol. The summed E-state index contributed by atoms with van der Waals surface area (Å²) in [5, 5.41) is 3.59. The summed E-state index contributed by atoms with van der Waals surface area (Å²) < 4.78 is 0. The highest BCUT2D eigenvalue weighted by atomic mass is 15.1. The lowest BCUT2D eigenvalue weighted by atomic mass is 10.1. The van der Waals surface area contributed by atoms with Crippen molar-refractivity contribution in [1.82, 2.24) is 5.32 Å². The molecule has 0 atom stereocenters. The first-order chi connectivity index (χ1) is 8.83. The summed E-state index contributed by atoms with van der Waals surface area (Å²) in [7, 11) is 0. The molecule has 0 bridgehead atoms. The second kappa shape index (κ2) is 5.31. The molecule has 0 unspecified atom stereocenters. The third-order valence-corrected chi connectivity index (χ3v) is 4.13. The van der Waals surface area contributed by atoms with E-state index in [0.717, 1.165) is 12.6 Å². The zero-order valence-electron chi connectivity index (χ0n) is 11.4. The van der Waals surface area contributed by atoms with Crippen LogP contribution in [0.1, 0.15) is 43.2 Å². The Bertz CT molecular complexity index is 404. The van der Waals surface area contributed by atoms with Gasteiger partial charge in [-0.3, -0.25) is 0 Å². The van der Waals surface area contributed by atoms with Crippen LogP contribution in [0.15, 0.2) is 18.2 Å². The summed E-state index contributed by atoms with van der Waals surface area (Å²) in [6.45, 7) is 5.76. The minimum absolute atomic E-state index is 0.798. The van der Waals surface area contributed by atoms with E-state index in [2.05, 4.69) is 35.3 Å². The molecule has 2 aliphatic rings. The van der Waals surface area contributed by atoms with Crippen LogP contribution in [0.5, 0.6) is 0 Å². The third-order valence-electron chi connectivity index (χ3n) is 4.13. The summed E-state index contributed by atoms with van der Waals surface area (Å²) >= 11 is 0. The molecular weight excluding hydrogens is 220 g/mol. The van der Waals surface area contributed by atoms with Crippen LogP contribution in [0.25, 0.3) is 0 Å². The van der Waals surface area contributed by atoms with Gasteiger partial charge in [-0.25, -0.2) is 0 Å². The molecule has 0 aromatic heterocycles. The summed E-state index contributed by atoms with van der Waals surface area (Å²) in [4.78, 5) is 2.55. The molecule has 1 saturated carbocycles. The minimum atomic E-state index is 0.798. The lowest BCUT2D eigenvalue weighted by Gasteiger charge is -2.30. The van der Waals surface area contributed by atoms with Crippen LogP contribution in [-0.4, -0.2) is 19.1 Å². The molecule has 2 fully saturated rings. The van der Waals surface area contributed by atoms with Crippen LogP contribution >= 0.6 is 0 Å². The van der Waals surface area contributed by atoms with Crippen LogP contribution in [0.4, 0.5) is 5.69 Å².